The normalized spacial score (nSPS) is 17.3. The molecule has 0 aromatic heterocycles. The second kappa shape index (κ2) is 7.57. The molecule has 2 aromatic rings. The number of hydrogen-bond donors (Lipinski definition) is 1. The van der Waals surface area contributed by atoms with Gasteiger partial charge in [-0.05, 0) is 36.1 Å². The average molecular weight is 380 g/mol. The molecule has 1 N–H and O–H groups in total. The zero-order valence-electron chi connectivity index (χ0n) is 16.6. The van der Waals surface area contributed by atoms with Gasteiger partial charge >= 0.3 is 6.09 Å². The molecule has 0 atom stereocenters. The Morgan fingerprint density at radius 3 is 2.07 bits per heavy atom. The fraction of sp³-hybridized carbons (Fsp3) is 0.435. The molecule has 0 radical (unpaired) electrons. The number of rotatable bonds is 4. The molecule has 0 spiro atoms. The number of nitrogens with zero attached hydrogens (tertiary/aromatic N) is 2. The molecule has 1 fully saturated rings. The Labute approximate surface area is 166 Å². The van der Waals surface area contributed by atoms with Crippen LogP contribution in [0, 0.1) is 0 Å². The fourth-order valence-electron chi connectivity index (χ4n) is 4.32. The highest BCUT2D eigenvalue weighted by atomic mass is 16.6. The van der Waals surface area contributed by atoms with E-state index in [1.54, 1.807) is 4.90 Å². The molecule has 5 heteroatoms. The number of ether oxygens (including phenoxy) is 1. The molecule has 1 aliphatic carbocycles. The molecule has 0 saturated carbocycles. The van der Waals surface area contributed by atoms with Crippen LogP contribution in [0.1, 0.15) is 30.9 Å². The van der Waals surface area contributed by atoms with Crippen molar-refractivity contribution in [2.24, 2.45) is 0 Å². The van der Waals surface area contributed by atoms with Crippen molar-refractivity contribution in [1.82, 2.24) is 9.80 Å². The molecule has 2 aliphatic rings. The van der Waals surface area contributed by atoms with Gasteiger partial charge in [0.2, 0.25) is 0 Å². The Balaban J connectivity index is 1.37. The van der Waals surface area contributed by atoms with Crippen molar-refractivity contribution in [3.05, 3.63) is 59.7 Å². The lowest BCUT2D eigenvalue weighted by Gasteiger charge is -2.36. The number of fused-ring (bicyclic) bond motifs is 3. The maximum absolute atomic E-state index is 12.6. The Kier molecular flexibility index (Phi) is 5.13. The van der Waals surface area contributed by atoms with Gasteiger partial charge < -0.3 is 14.7 Å². The number of β-amino-alcohol motifs (C(OH)–C–C–N with tert-alkyl or cyclic N) is 1. The molecule has 148 valence electrons. The molecule has 28 heavy (non-hydrogen) atoms. The van der Waals surface area contributed by atoms with Gasteiger partial charge in [-0.15, -0.1) is 0 Å². The highest BCUT2D eigenvalue weighted by Crippen LogP contribution is 2.44. The SMILES string of the molecule is CC(C)(O)CN1CCN(C(=O)OCC2c3ccccc3-c3ccccc32)CC1. The number of carbonyl (C=O) groups is 1. The van der Waals surface area contributed by atoms with E-state index >= 15 is 0 Å². The summed E-state index contributed by atoms with van der Waals surface area (Å²) in [6.45, 7) is 7.37. The quantitative estimate of drug-likeness (QED) is 0.884. The third-order valence-electron chi connectivity index (χ3n) is 5.58. The van der Waals surface area contributed by atoms with Gasteiger partial charge in [-0.25, -0.2) is 4.79 Å². The molecule has 2 aromatic carbocycles. The van der Waals surface area contributed by atoms with E-state index < -0.39 is 5.60 Å². The summed E-state index contributed by atoms with van der Waals surface area (Å²) in [5.41, 5.74) is 4.21. The predicted octanol–water partition coefficient (Wildman–Crippen LogP) is 3.32. The van der Waals surface area contributed by atoms with Gasteiger partial charge in [-0.2, -0.15) is 0 Å². The van der Waals surface area contributed by atoms with Crippen LogP contribution < -0.4 is 0 Å². The van der Waals surface area contributed by atoms with Crippen LogP contribution in [0.15, 0.2) is 48.5 Å². The minimum absolute atomic E-state index is 0.0906. The van der Waals surface area contributed by atoms with Crippen LogP contribution >= 0.6 is 0 Å². The molecule has 0 unspecified atom stereocenters. The standard InChI is InChI=1S/C23H28N2O3/c1-23(2,27)16-24-11-13-25(14-12-24)22(26)28-15-21-19-9-5-3-7-17(19)18-8-4-6-10-20(18)21/h3-10,21,27H,11-16H2,1-2H3. The van der Waals surface area contributed by atoms with Crippen LogP contribution in [-0.4, -0.2) is 65.9 Å². The first-order valence-corrected chi connectivity index (χ1v) is 9.97. The lowest BCUT2D eigenvalue weighted by molar-refractivity contribution is 0.0158. The van der Waals surface area contributed by atoms with Crippen molar-refractivity contribution < 1.29 is 14.6 Å². The summed E-state index contributed by atoms with van der Waals surface area (Å²) in [7, 11) is 0. The Morgan fingerprint density at radius 2 is 1.54 bits per heavy atom. The van der Waals surface area contributed by atoms with Gasteiger partial charge in [0, 0.05) is 38.6 Å². The maximum Gasteiger partial charge on any atom is 0.409 e. The van der Waals surface area contributed by atoms with Crippen LogP contribution in [0.3, 0.4) is 0 Å². The molecule has 0 bridgehead atoms. The van der Waals surface area contributed by atoms with E-state index in [2.05, 4.69) is 41.3 Å². The second-order valence-corrected chi connectivity index (χ2v) is 8.38. The molecular formula is C23H28N2O3. The number of benzene rings is 2. The largest absolute Gasteiger partial charge is 0.448 e. The highest BCUT2D eigenvalue weighted by Gasteiger charge is 2.30. The van der Waals surface area contributed by atoms with Crippen molar-refractivity contribution in [1.29, 1.82) is 0 Å². The topological polar surface area (TPSA) is 53.0 Å². The van der Waals surface area contributed by atoms with Crippen molar-refractivity contribution in [2.75, 3.05) is 39.3 Å². The van der Waals surface area contributed by atoms with E-state index in [-0.39, 0.29) is 12.0 Å². The highest BCUT2D eigenvalue weighted by molar-refractivity contribution is 5.79. The average Bonchev–Trinajstić information content (AvgIpc) is 2.99. The summed E-state index contributed by atoms with van der Waals surface area (Å²) in [6, 6.07) is 16.7. The molecular weight excluding hydrogens is 352 g/mol. The minimum atomic E-state index is -0.716. The molecule has 1 aliphatic heterocycles. The third-order valence-corrected chi connectivity index (χ3v) is 5.58. The molecule has 1 amide bonds. The van der Waals surface area contributed by atoms with E-state index in [1.807, 2.05) is 26.0 Å². The van der Waals surface area contributed by atoms with E-state index in [0.717, 1.165) is 13.1 Å². The zero-order valence-corrected chi connectivity index (χ0v) is 16.6. The summed E-state index contributed by atoms with van der Waals surface area (Å²) >= 11 is 0. The van der Waals surface area contributed by atoms with Crippen molar-refractivity contribution in [2.45, 2.75) is 25.4 Å². The summed E-state index contributed by atoms with van der Waals surface area (Å²) in [5, 5.41) is 9.96. The number of aliphatic hydroxyl groups is 1. The maximum atomic E-state index is 12.6. The van der Waals surface area contributed by atoms with Gasteiger partial charge in [0.15, 0.2) is 0 Å². The number of piperazine rings is 1. The molecule has 1 heterocycles. The van der Waals surface area contributed by atoms with Crippen LogP contribution in [0.4, 0.5) is 4.79 Å². The first-order chi connectivity index (χ1) is 13.4. The van der Waals surface area contributed by atoms with Gasteiger partial charge in [0.05, 0.1) is 5.60 Å². The van der Waals surface area contributed by atoms with Crippen LogP contribution in [0.2, 0.25) is 0 Å². The van der Waals surface area contributed by atoms with Crippen LogP contribution in [0.5, 0.6) is 0 Å². The smallest absolute Gasteiger partial charge is 0.409 e. The van der Waals surface area contributed by atoms with Gasteiger partial charge in [0.1, 0.15) is 6.61 Å². The zero-order chi connectivity index (χ0) is 19.7. The lowest BCUT2D eigenvalue weighted by atomic mass is 9.98. The van der Waals surface area contributed by atoms with E-state index in [0.29, 0.717) is 26.2 Å². The van der Waals surface area contributed by atoms with Gasteiger partial charge in [0.25, 0.3) is 0 Å². The number of amides is 1. The molecule has 5 nitrogen and oxygen atoms in total. The van der Waals surface area contributed by atoms with Crippen molar-refractivity contribution in [3.63, 3.8) is 0 Å². The van der Waals surface area contributed by atoms with Gasteiger partial charge in [-0.3, -0.25) is 4.90 Å². The second-order valence-electron chi connectivity index (χ2n) is 8.38. The number of hydrogen-bond acceptors (Lipinski definition) is 4. The summed E-state index contributed by atoms with van der Waals surface area (Å²) in [4.78, 5) is 16.6. The third kappa shape index (κ3) is 3.91. The van der Waals surface area contributed by atoms with Crippen LogP contribution in [-0.2, 0) is 4.74 Å². The lowest BCUT2D eigenvalue weighted by Crippen LogP contribution is -2.52. The fourth-order valence-corrected chi connectivity index (χ4v) is 4.32. The first kappa shape index (κ1) is 19.0. The number of carbonyl (C=O) groups excluding carboxylic acids is 1. The van der Waals surface area contributed by atoms with E-state index in [4.69, 9.17) is 4.74 Å². The van der Waals surface area contributed by atoms with E-state index in [9.17, 15) is 9.90 Å². The van der Waals surface area contributed by atoms with Gasteiger partial charge in [-0.1, -0.05) is 48.5 Å². The summed E-state index contributed by atoms with van der Waals surface area (Å²) in [6.07, 6.45) is -0.246. The van der Waals surface area contributed by atoms with Crippen LogP contribution in [0.25, 0.3) is 11.1 Å². The van der Waals surface area contributed by atoms with Crippen molar-refractivity contribution >= 4 is 6.09 Å². The van der Waals surface area contributed by atoms with Crippen molar-refractivity contribution in [3.8, 4) is 11.1 Å². The molecule has 1 saturated heterocycles. The molecule has 4 rings (SSSR count). The Bertz CT molecular complexity index is 805. The predicted molar refractivity (Wildman–Crippen MR) is 109 cm³/mol. The summed E-state index contributed by atoms with van der Waals surface area (Å²) in [5.74, 6) is 0.0906. The first-order valence-electron chi connectivity index (χ1n) is 9.97. The Hall–Kier alpha value is -2.37. The summed E-state index contributed by atoms with van der Waals surface area (Å²) < 4.78 is 5.73. The van der Waals surface area contributed by atoms with E-state index in [1.165, 1.54) is 22.3 Å². The Morgan fingerprint density at radius 1 is 1.00 bits per heavy atom. The minimum Gasteiger partial charge on any atom is -0.448 e. The monoisotopic (exact) mass is 380 g/mol.